The smallest absolute Gasteiger partial charge is 0.253 e. The molecule has 0 aliphatic rings. The second-order valence-electron chi connectivity index (χ2n) is 4.37. The van der Waals surface area contributed by atoms with E-state index in [0.29, 0.717) is 11.4 Å². The first-order chi connectivity index (χ1) is 8.60. The number of nitrogens with two attached hydrogens (primary N) is 1. The first-order valence-corrected chi connectivity index (χ1v) is 6.36. The van der Waals surface area contributed by atoms with E-state index < -0.39 is 0 Å². The molecule has 1 aromatic heterocycles. The summed E-state index contributed by atoms with van der Waals surface area (Å²) in [5.41, 5.74) is 2.86. The Bertz CT molecular complexity index is 376. The van der Waals surface area contributed by atoms with Crippen molar-refractivity contribution < 1.29 is 4.79 Å². The molecule has 0 aliphatic carbocycles. The van der Waals surface area contributed by atoms with Crippen molar-refractivity contribution in [3.63, 3.8) is 0 Å². The van der Waals surface area contributed by atoms with Crippen LogP contribution in [0.15, 0.2) is 18.3 Å². The third-order valence-electron chi connectivity index (χ3n) is 3.58. The van der Waals surface area contributed by atoms with Crippen molar-refractivity contribution in [3.05, 3.63) is 23.9 Å². The van der Waals surface area contributed by atoms with E-state index in [1.54, 1.807) is 12.1 Å². The highest BCUT2D eigenvalue weighted by molar-refractivity contribution is 5.94. The van der Waals surface area contributed by atoms with Crippen molar-refractivity contribution in [1.29, 1.82) is 0 Å². The van der Waals surface area contributed by atoms with Gasteiger partial charge in [-0.1, -0.05) is 20.8 Å². The van der Waals surface area contributed by atoms with Gasteiger partial charge in [-0.05, 0) is 31.4 Å². The Morgan fingerprint density at radius 2 is 1.89 bits per heavy atom. The maximum atomic E-state index is 12.1. The molecule has 0 saturated heterocycles. The first kappa shape index (κ1) is 14.4. The lowest BCUT2D eigenvalue weighted by Crippen LogP contribution is -2.47. The zero-order valence-corrected chi connectivity index (χ0v) is 11.3. The minimum absolute atomic E-state index is 0.0865. The summed E-state index contributed by atoms with van der Waals surface area (Å²) >= 11 is 0. The van der Waals surface area contributed by atoms with Crippen LogP contribution in [0.2, 0.25) is 0 Å². The van der Waals surface area contributed by atoms with Gasteiger partial charge in [-0.15, -0.1) is 0 Å². The van der Waals surface area contributed by atoms with Crippen molar-refractivity contribution in [2.75, 3.05) is 5.43 Å². The number of amides is 1. The van der Waals surface area contributed by atoms with Gasteiger partial charge in [0.1, 0.15) is 5.82 Å². The van der Waals surface area contributed by atoms with Gasteiger partial charge in [-0.2, -0.15) is 0 Å². The largest absolute Gasteiger partial charge is 0.347 e. The fourth-order valence-corrected chi connectivity index (χ4v) is 1.94. The number of carbonyl (C=O) groups excluding carboxylic acids is 1. The second kappa shape index (κ2) is 6.35. The van der Waals surface area contributed by atoms with Crippen LogP contribution in [-0.4, -0.2) is 16.4 Å². The molecule has 0 saturated carbocycles. The SMILES string of the molecule is CCC(CC)(CC)NC(=O)c1ccc(NN)nc1. The van der Waals surface area contributed by atoms with Crippen molar-refractivity contribution in [2.24, 2.45) is 5.84 Å². The predicted molar refractivity (Wildman–Crippen MR) is 73.1 cm³/mol. The molecule has 1 amide bonds. The Labute approximate surface area is 108 Å². The summed E-state index contributed by atoms with van der Waals surface area (Å²) in [6, 6.07) is 3.39. The van der Waals surface area contributed by atoms with Gasteiger partial charge >= 0.3 is 0 Å². The lowest BCUT2D eigenvalue weighted by atomic mass is 9.89. The Hall–Kier alpha value is -1.62. The number of hydrogen-bond donors (Lipinski definition) is 3. The van der Waals surface area contributed by atoms with Crippen LogP contribution in [0.1, 0.15) is 50.4 Å². The normalized spacial score (nSPS) is 11.1. The summed E-state index contributed by atoms with van der Waals surface area (Å²) in [6.45, 7) is 6.27. The molecule has 0 atom stereocenters. The molecule has 0 aliphatic heterocycles. The summed E-state index contributed by atoms with van der Waals surface area (Å²) in [7, 11) is 0. The average Bonchev–Trinajstić information content (AvgIpc) is 2.45. The minimum atomic E-state index is -0.123. The van der Waals surface area contributed by atoms with Crippen molar-refractivity contribution in [1.82, 2.24) is 10.3 Å². The maximum Gasteiger partial charge on any atom is 0.253 e. The molecule has 5 heteroatoms. The van der Waals surface area contributed by atoms with E-state index in [0.717, 1.165) is 19.3 Å². The summed E-state index contributed by atoms with van der Waals surface area (Å²) in [4.78, 5) is 16.2. The molecule has 0 unspecified atom stereocenters. The van der Waals surface area contributed by atoms with Crippen molar-refractivity contribution >= 4 is 11.7 Å². The van der Waals surface area contributed by atoms with E-state index in [2.05, 4.69) is 36.5 Å². The van der Waals surface area contributed by atoms with Crippen LogP contribution in [0.3, 0.4) is 0 Å². The maximum absolute atomic E-state index is 12.1. The molecule has 100 valence electrons. The average molecular weight is 250 g/mol. The zero-order valence-electron chi connectivity index (χ0n) is 11.3. The zero-order chi connectivity index (χ0) is 13.6. The number of nitrogen functional groups attached to an aromatic ring is 1. The highest BCUT2D eigenvalue weighted by Crippen LogP contribution is 2.20. The fraction of sp³-hybridized carbons (Fsp3) is 0.538. The number of hydrogen-bond acceptors (Lipinski definition) is 4. The van der Waals surface area contributed by atoms with Crippen LogP contribution in [0, 0.1) is 0 Å². The molecule has 5 nitrogen and oxygen atoms in total. The van der Waals surface area contributed by atoms with E-state index in [1.165, 1.54) is 6.20 Å². The summed E-state index contributed by atoms with van der Waals surface area (Å²) in [6.07, 6.45) is 4.28. The number of anilines is 1. The molecule has 0 fully saturated rings. The number of nitrogens with one attached hydrogen (secondary N) is 2. The van der Waals surface area contributed by atoms with Gasteiger partial charge in [0.2, 0.25) is 0 Å². The molecule has 1 rings (SSSR count). The summed E-state index contributed by atoms with van der Waals surface area (Å²) in [5, 5.41) is 3.10. The lowest BCUT2D eigenvalue weighted by molar-refractivity contribution is 0.0888. The molecule has 0 radical (unpaired) electrons. The van der Waals surface area contributed by atoms with E-state index in [9.17, 15) is 4.79 Å². The standard InChI is InChI=1S/C13H22N4O/c1-4-13(5-2,6-3)16-12(18)10-7-8-11(17-14)15-9-10/h7-9H,4-6,14H2,1-3H3,(H,15,17)(H,16,18). The number of nitrogens with zero attached hydrogens (tertiary/aromatic N) is 1. The van der Waals surface area contributed by atoms with Crippen LogP contribution in [-0.2, 0) is 0 Å². The monoisotopic (exact) mass is 250 g/mol. The van der Waals surface area contributed by atoms with Crippen LogP contribution in [0.4, 0.5) is 5.82 Å². The van der Waals surface area contributed by atoms with E-state index in [1.807, 2.05) is 0 Å². The number of pyridine rings is 1. The van der Waals surface area contributed by atoms with Gasteiger partial charge < -0.3 is 10.7 Å². The highest BCUT2D eigenvalue weighted by atomic mass is 16.1. The van der Waals surface area contributed by atoms with Gasteiger partial charge in [0.05, 0.1) is 5.56 Å². The Balaban J connectivity index is 2.80. The fourth-order valence-electron chi connectivity index (χ4n) is 1.94. The van der Waals surface area contributed by atoms with E-state index >= 15 is 0 Å². The molecule has 0 spiro atoms. The molecule has 1 aromatic rings. The number of rotatable bonds is 6. The molecular formula is C13H22N4O. The van der Waals surface area contributed by atoms with Crippen LogP contribution >= 0.6 is 0 Å². The lowest BCUT2D eigenvalue weighted by Gasteiger charge is -2.31. The highest BCUT2D eigenvalue weighted by Gasteiger charge is 2.26. The van der Waals surface area contributed by atoms with Crippen molar-refractivity contribution in [3.8, 4) is 0 Å². The quantitative estimate of drug-likeness (QED) is 0.533. The van der Waals surface area contributed by atoms with Gasteiger partial charge in [-0.3, -0.25) is 4.79 Å². The molecule has 4 N–H and O–H groups in total. The number of carbonyl (C=O) groups is 1. The molecular weight excluding hydrogens is 228 g/mol. The van der Waals surface area contributed by atoms with Gasteiger partial charge in [0, 0.05) is 11.7 Å². The van der Waals surface area contributed by atoms with Crippen LogP contribution < -0.4 is 16.6 Å². The Morgan fingerprint density at radius 3 is 2.28 bits per heavy atom. The molecule has 0 aromatic carbocycles. The van der Waals surface area contributed by atoms with Gasteiger partial charge in [-0.25, -0.2) is 10.8 Å². The third-order valence-corrected chi connectivity index (χ3v) is 3.58. The van der Waals surface area contributed by atoms with Gasteiger partial charge in [0.15, 0.2) is 0 Å². The third kappa shape index (κ3) is 3.20. The number of aromatic nitrogens is 1. The second-order valence-corrected chi connectivity index (χ2v) is 4.37. The van der Waals surface area contributed by atoms with E-state index in [4.69, 9.17) is 5.84 Å². The minimum Gasteiger partial charge on any atom is -0.347 e. The summed E-state index contributed by atoms with van der Waals surface area (Å²) < 4.78 is 0. The molecule has 0 bridgehead atoms. The topological polar surface area (TPSA) is 80.0 Å². The van der Waals surface area contributed by atoms with Gasteiger partial charge in [0.25, 0.3) is 5.91 Å². The van der Waals surface area contributed by atoms with Crippen LogP contribution in [0.25, 0.3) is 0 Å². The van der Waals surface area contributed by atoms with E-state index in [-0.39, 0.29) is 11.4 Å². The number of hydrazine groups is 1. The Kier molecular flexibility index (Phi) is 5.09. The molecule has 18 heavy (non-hydrogen) atoms. The Morgan fingerprint density at radius 1 is 1.28 bits per heavy atom. The van der Waals surface area contributed by atoms with Crippen LogP contribution in [0.5, 0.6) is 0 Å². The van der Waals surface area contributed by atoms with Crippen molar-refractivity contribution in [2.45, 2.75) is 45.6 Å². The summed E-state index contributed by atoms with van der Waals surface area (Å²) in [5.74, 6) is 5.68. The first-order valence-electron chi connectivity index (χ1n) is 6.36. The molecule has 1 heterocycles. The predicted octanol–water partition coefficient (Wildman–Crippen LogP) is 2.07.